The summed E-state index contributed by atoms with van der Waals surface area (Å²) in [5.74, 6) is 0.476. The number of nitrogens with one attached hydrogen (secondary N) is 3. The van der Waals surface area contributed by atoms with Gasteiger partial charge in [0.2, 0.25) is 5.91 Å². The van der Waals surface area contributed by atoms with Gasteiger partial charge in [-0.1, -0.05) is 72.8 Å². The number of hydrogen-bond donors (Lipinski definition) is 5. The predicted molar refractivity (Wildman–Crippen MR) is 196 cm³/mol. The van der Waals surface area contributed by atoms with Gasteiger partial charge in [-0.3, -0.25) is 9.59 Å². The summed E-state index contributed by atoms with van der Waals surface area (Å²) in [6, 6.07) is 32.0. The number of pyridine rings is 1. The molecule has 260 valence electrons. The summed E-state index contributed by atoms with van der Waals surface area (Å²) in [5.41, 5.74) is 7.16. The molecule has 2 heterocycles. The number of hydrogen-bond acceptors (Lipinski definition) is 6. The van der Waals surface area contributed by atoms with Crippen LogP contribution in [-0.4, -0.2) is 50.2 Å². The number of carbonyl (C=O) groups is 2. The number of rotatable bonds is 15. The van der Waals surface area contributed by atoms with Crippen molar-refractivity contribution in [3.8, 4) is 5.82 Å². The van der Waals surface area contributed by atoms with E-state index in [2.05, 4.69) is 44.6 Å². The lowest BCUT2D eigenvalue weighted by Crippen LogP contribution is -2.37. The smallest absolute Gasteiger partial charge is 0.251 e. The van der Waals surface area contributed by atoms with Gasteiger partial charge in [-0.05, 0) is 86.7 Å². The third kappa shape index (κ3) is 9.75. The van der Waals surface area contributed by atoms with Crippen molar-refractivity contribution in [1.82, 2.24) is 25.5 Å². The lowest BCUT2D eigenvalue weighted by atomic mass is 10.0. The molecule has 0 bridgehead atoms. The van der Waals surface area contributed by atoms with E-state index in [9.17, 15) is 19.8 Å². The van der Waals surface area contributed by atoms with Gasteiger partial charge in [-0.25, -0.2) is 4.98 Å². The molecule has 0 radical (unpaired) electrons. The Labute approximate surface area is 294 Å². The van der Waals surface area contributed by atoms with Gasteiger partial charge in [0, 0.05) is 47.8 Å². The maximum atomic E-state index is 12.7. The Morgan fingerprint density at radius 3 is 2.04 bits per heavy atom. The Hall–Kier alpha value is -5.09. The fourth-order valence-corrected chi connectivity index (χ4v) is 5.94. The molecule has 0 fully saturated rings. The second-order valence-electron chi connectivity index (χ2n) is 13.0. The van der Waals surface area contributed by atoms with E-state index >= 15 is 0 Å². The summed E-state index contributed by atoms with van der Waals surface area (Å²) in [5, 5.41) is 30.5. The first kappa shape index (κ1) is 36.2. The van der Waals surface area contributed by atoms with Crippen molar-refractivity contribution in [2.45, 2.75) is 71.4 Å². The minimum atomic E-state index is -0.811. The van der Waals surface area contributed by atoms with Crippen LogP contribution in [0.2, 0.25) is 0 Å². The van der Waals surface area contributed by atoms with E-state index < -0.39 is 18.2 Å². The van der Waals surface area contributed by atoms with Crippen LogP contribution in [0.1, 0.15) is 75.6 Å². The highest BCUT2D eigenvalue weighted by Crippen LogP contribution is 2.19. The quantitative estimate of drug-likeness (QED) is 0.101. The lowest BCUT2D eigenvalue weighted by molar-refractivity contribution is -0.120. The van der Waals surface area contributed by atoms with Crippen molar-refractivity contribution in [1.29, 1.82) is 0 Å². The maximum Gasteiger partial charge on any atom is 0.251 e. The van der Waals surface area contributed by atoms with Gasteiger partial charge in [0.05, 0.1) is 24.7 Å². The van der Waals surface area contributed by atoms with Gasteiger partial charge < -0.3 is 30.7 Å². The van der Waals surface area contributed by atoms with Crippen LogP contribution in [0, 0.1) is 13.8 Å². The minimum Gasteiger partial charge on any atom is -0.387 e. The Bertz CT molecular complexity index is 1820. The highest BCUT2D eigenvalue weighted by molar-refractivity contribution is 5.94. The van der Waals surface area contributed by atoms with Crippen LogP contribution >= 0.6 is 0 Å². The summed E-state index contributed by atoms with van der Waals surface area (Å²) < 4.78 is 2.08. The number of aliphatic hydroxyl groups excluding tert-OH is 2. The Balaban J connectivity index is 1.01. The molecular weight excluding hydrogens is 626 g/mol. The molecule has 0 saturated heterocycles. The maximum absolute atomic E-state index is 12.7. The molecule has 3 aromatic carbocycles. The van der Waals surface area contributed by atoms with Crippen molar-refractivity contribution >= 4 is 11.8 Å². The van der Waals surface area contributed by atoms with Gasteiger partial charge >= 0.3 is 0 Å². The van der Waals surface area contributed by atoms with Crippen LogP contribution in [0.15, 0.2) is 109 Å². The molecule has 5 rings (SSSR count). The Morgan fingerprint density at radius 2 is 1.40 bits per heavy atom. The molecule has 50 heavy (non-hydrogen) atoms. The summed E-state index contributed by atoms with van der Waals surface area (Å²) in [7, 11) is 0. The molecular formula is C41H47N5O4. The van der Waals surface area contributed by atoms with Crippen LogP contribution in [0.5, 0.6) is 0 Å². The molecule has 0 spiro atoms. The van der Waals surface area contributed by atoms with Gasteiger partial charge in [-0.15, -0.1) is 0 Å². The number of carbonyl (C=O) groups excluding carboxylic acids is 2. The highest BCUT2D eigenvalue weighted by Gasteiger charge is 2.19. The third-order valence-electron chi connectivity index (χ3n) is 8.92. The zero-order valence-electron chi connectivity index (χ0n) is 29.1. The molecule has 0 aliphatic carbocycles. The van der Waals surface area contributed by atoms with E-state index in [1.54, 1.807) is 25.3 Å². The molecule has 5 N–H and O–H groups in total. The van der Waals surface area contributed by atoms with Crippen LogP contribution in [-0.2, 0) is 24.2 Å². The molecule has 9 nitrogen and oxygen atoms in total. The largest absolute Gasteiger partial charge is 0.387 e. The minimum absolute atomic E-state index is 0.0894. The van der Waals surface area contributed by atoms with E-state index in [1.807, 2.05) is 92.7 Å². The van der Waals surface area contributed by atoms with Gasteiger partial charge in [-0.2, -0.15) is 0 Å². The number of aryl methyl sites for hydroxylation is 2. The number of aliphatic hydroxyl groups is 2. The standard InChI is InChI=1S/C41H47N5O4/c1-27(42-26-37(47)36-20-21-38(43-25-36)46-28(2)10-11-29(46)3)22-31-12-14-32(15-13-31)23-39(48)44-24-33-16-18-35(19-17-33)41(50)45-30(4)40(49)34-8-6-5-7-9-34/h5-21,25,27,30,37,40,42,47,49H,22-24,26H2,1-4H3,(H,44,48)(H,45,50)/t27?,30-,37-,40-/m0/s1. The molecule has 4 atom stereocenters. The average molecular weight is 674 g/mol. The van der Waals surface area contributed by atoms with E-state index in [0.717, 1.165) is 51.4 Å². The Kier molecular flexibility index (Phi) is 12.3. The first-order valence-electron chi connectivity index (χ1n) is 17.1. The molecule has 0 aliphatic rings. The monoisotopic (exact) mass is 673 g/mol. The van der Waals surface area contributed by atoms with E-state index in [4.69, 9.17) is 0 Å². The summed E-state index contributed by atoms with van der Waals surface area (Å²) in [6.45, 7) is 8.71. The third-order valence-corrected chi connectivity index (χ3v) is 8.92. The lowest BCUT2D eigenvalue weighted by Gasteiger charge is -2.20. The van der Waals surface area contributed by atoms with Crippen molar-refractivity contribution < 1.29 is 19.8 Å². The fraction of sp³-hybridized carbons (Fsp3) is 0.293. The first-order valence-corrected chi connectivity index (χ1v) is 17.1. The number of nitrogens with zero attached hydrogens (tertiary/aromatic N) is 2. The van der Waals surface area contributed by atoms with E-state index in [-0.39, 0.29) is 24.3 Å². The predicted octanol–water partition coefficient (Wildman–Crippen LogP) is 5.45. The molecule has 2 aromatic heterocycles. The van der Waals surface area contributed by atoms with Crippen molar-refractivity contribution in [2.75, 3.05) is 6.54 Å². The number of benzene rings is 3. The van der Waals surface area contributed by atoms with Crippen molar-refractivity contribution in [3.05, 3.63) is 154 Å². The summed E-state index contributed by atoms with van der Waals surface area (Å²) in [6.07, 6.45) is 1.30. The summed E-state index contributed by atoms with van der Waals surface area (Å²) in [4.78, 5) is 29.9. The van der Waals surface area contributed by atoms with Crippen molar-refractivity contribution in [2.24, 2.45) is 0 Å². The molecule has 0 aliphatic heterocycles. The topological polar surface area (TPSA) is 129 Å². The van der Waals surface area contributed by atoms with E-state index in [1.165, 1.54) is 0 Å². The highest BCUT2D eigenvalue weighted by atomic mass is 16.3. The zero-order chi connectivity index (χ0) is 35.6. The molecule has 2 amide bonds. The van der Waals surface area contributed by atoms with E-state index in [0.29, 0.717) is 18.7 Å². The zero-order valence-corrected chi connectivity index (χ0v) is 29.1. The van der Waals surface area contributed by atoms with Crippen molar-refractivity contribution in [3.63, 3.8) is 0 Å². The van der Waals surface area contributed by atoms with Gasteiger partial charge in [0.1, 0.15) is 5.82 Å². The molecule has 5 aromatic rings. The number of amides is 2. The Morgan fingerprint density at radius 1 is 0.760 bits per heavy atom. The summed E-state index contributed by atoms with van der Waals surface area (Å²) >= 11 is 0. The van der Waals surface area contributed by atoms with Crippen LogP contribution in [0.25, 0.3) is 5.82 Å². The van der Waals surface area contributed by atoms with Gasteiger partial charge in [0.25, 0.3) is 5.91 Å². The molecule has 1 unspecified atom stereocenters. The van der Waals surface area contributed by atoms with Gasteiger partial charge in [0.15, 0.2) is 0 Å². The second kappa shape index (κ2) is 17.0. The number of aromatic nitrogens is 2. The fourth-order valence-electron chi connectivity index (χ4n) is 5.94. The second-order valence-corrected chi connectivity index (χ2v) is 13.0. The normalized spacial score (nSPS) is 13.6. The SMILES string of the molecule is Cc1ccc(C)n1-c1ccc([C@@H](O)CNC(C)Cc2ccc(CC(=O)NCc3ccc(C(=O)N[C@@H](C)[C@H](O)c4ccccc4)cc3)cc2)cn1. The first-order chi connectivity index (χ1) is 24.1. The van der Waals surface area contributed by atoms with Crippen LogP contribution < -0.4 is 16.0 Å². The average Bonchev–Trinajstić information content (AvgIpc) is 3.47. The molecule has 0 saturated carbocycles. The van der Waals surface area contributed by atoms with Crippen LogP contribution in [0.3, 0.4) is 0 Å². The molecule has 9 heteroatoms. The van der Waals surface area contributed by atoms with Crippen LogP contribution in [0.4, 0.5) is 0 Å².